The highest BCUT2D eigenvalue weighted by atomic mass is 35.5. The van der Waals surface area contributed by atoms with Gasteiger partial charge in [0, 0.05) is 5.56 Å². The van der Waals surface area contributed by atoms with Crippen molar-refractivity contribution in [2.24, 2.45) is 0 Å². The second-order valence-corrected chi connectivity index (χ2v) is 4.60. The lowest BCUT2D eigenvalue weighted by molar-refractivity contribution is 0.112. The second kappa shape index (κ2) is 9.57. The van der Waals surface area contributed by atoms with E-state index in [4.69, 9.17) is 23.2 Å². The van der Waals surface area contributed by atoms with Gasteiger partial charge < -0.3 is 0 Å². The first-order chi connectivity index (χ1) is 9.19. The molecule has 0 atom stereocenters. The van der Waals surface area contributed by atoms with Gasteiger partial charge in [0.2, 0.25) is 0 Å². The number of benzene rings is 2. The van der Waals surface area contributed by atoms with Gasteiger partial charge in [-0.05, 0) is 35.7 Å². The summed E-state index contributed by atoms with van der Waals surface area (Å²) in [7, 11) is 0. The zero-order chi connectivity index (χ0) is 14.3. The molecule has 1 nitrogen and oxygen atoms in total. The minimum absolute atomic E-state index is 0. The minimum Gasteiger partial charge on any atom is -0.298 e. The lowest BCUT2D eigenvalue weighted by atomic mass is 10.0. The Kier molecular flexibility index (Phi) is 8.94. The molecule has 3 heteroatoms. The molecular weight excluding hydrogens is 291 g/mol. The van der Waals surface area contributed by atoms with Crippen LogP contribution >= 0.6 is 23.2 Å². The summed E-state index contributed by atoms with van der Waals surface area (Å²) in [6.45, 7) is 4.00. The molecule has 0 amide bonds. The fourth-order valence-electron chi connectivity index (χ4n) is 1.66. The first-order valence-corrected chi connectivity index (χ1v) is 6.92. The van der Waals surface area contributed by atoms with E-state index < -0.39 is 0 Å². The molecule has 0 aliphatic rings. The molecule has 0 aliphatic heterocycles. The molecule has 0 heterocycles. The molecule has 0 aliphatic carbocycles. The summed E-state index contributed by atoms with van der Waals surface area (Å²) >= 11 is 11.8. The fourth-order valence-corrected chi connectivity index (χ4v) is 1.98. The smallest absolute Gasteiger partial charge is 0.150 e. The molecule has 0 spiro atoms. The minimum atomic E-state index is 0. The van der Waals surface area contributed by atoms with Crippen LogP contribution in [0.1, 0.15) is 42.8 Å². The van der Waals surface area contributed by atoms with Gasteiger partial charge in [-0.25, -0.2) is 0 Å². The largest absolute Gasteiger partial charge is 0.298 e. The topological polar surface area (TPSA) is 17.1 Å². The van der Waals surface area contributed by atoms with Gasteiger partial charge in [-0.3, -0.25) is 4.79 Å². The highest BCUT2D eigenvalue weighted by Gasteiger charge is 2.01. The van der Waals surface area contributed by atoms with Crippen molar-refractivity contribution < 1.29 is 4.79 Å². The first-order valence-electron chi connectivity index (χ1n) is 6.17. The van der Waals surface area contributed by atoms with E-state index in [-0.39, 0.29) is 7.43 Å². The van der Waals surface area contributed by atoms with E-state index >= 15 is 0 Å². The Morgan fingerprint density at radius 1 is 0.950 bits per heavy atom. The van der Waals surface area contributed by atoms with Gasteiger partial charge in [-0.15, -0.1) is 0 Å². The normalized spacial score (nSPS) is 9.00. The van der Waals surface area contributed by atoms with Crippen molar-refractivity contribution in [3.63, 3.8) is 0 Å². The zero-order valence-corrected chi connectivity index (χ0v) is 12.5. The molecule has 0 saturated heterocycles. The molecule has 108 valence electrons. The third-order valence-electron chi connectivity index (χ3n) is 2.48. The van der Waals surface area contributed by atoms with Crippen LogP contribution in [0.3, 0.4) is 0 Å². The highest BCUT2D eigenvalue weighted by Crippen LogP contribution is 2.23. The molecule has 0 N–H and O–H groups in total. The van der Waals surface area contributed by atoms with E-state index in [1.807, 2.05) is 44.2 Å². The maximum atomic E-state index is 10.7. The quantitative estimate of drug-likeness (QED) is 0.630. The number of carbonyl (C=O) groups excluding carboxylic acids is 1. The maximum Gasteiger partial charge on any atom is 0.150 e. The molecule has 0 bridgehead atoms. The van der Waals surface area contributed by atoms with Crippen molar-refractivity contribution in [3.05, 3.63) is 69.2 Å². The maximum absolute atomic E-state index is 10.7. The van der Waals surface area contributed by atoms with Gasteiger partial charge in [0.25, 0.3) is 0 Å². The van der Waals surface area contributed by atoms with Crippen molar-refractivity contribution in [2.45, 2.75) is 27.7 Å². The average Bonchev–Trinajstić information content (AvgIpc) is 2.45. The number of halogens is 2. The third kappa shape index (κ3) is 5.36. The Hall–Kier alpha value is -1.31. The summed E-state index contributed by atoms with van der Waals surface area (Å²) in [5.74, 6) is 0. The monoisotopic (exact) mass is 310 g/mol. The lowest BCUT2D eigenvalue weighted by Crippen LogP contribution is -1.90. The summed E-state index contributed by atoms with van der Waals surface area (Å²) < 4.78 is 0. The van der Waals surface area contributed by atoms with Gasteiger partial charge in [0.1, 0.15) is 6.29 Å². The van der Waals surface area contributed by atoms with Crippen LogP contribution in [0.2, 0.25) is 10.0 Å². The Morgan fingerprint density at radius 2 is 1.60 bits per heavy atom. The van der Waals surface area contributed by atoms with E-state index in [1.165, 1.54) is 0 Å². The van der Waals surface area contributed by atoms with Gasteiger partial charge in [0.15, 0.2) is 0 Å². The molecule has 0 saturated carbocycles. The predicted octanol–water partition coefficient (Wildman–Crippen LogP) is 6.06. The lowest BCUT2D eigenvalue weighted by Gasteiger charge is -2.04. The molecule has 0 aromatic heterocycles. The van der Waals surface area contributed by atoms with Crippen LogP contribution in [0, 0.1) is 0 Å². The first kappa shape index (κ1) is 18.7. The number of hydrogen-bond donors (Lipinski definition) is 0. The molecule has 0 fully saturated rings. The van der Waals surface area contributed by atoms with E-state index in [2.05, 4.69) is 0 Å². The van der Waals surface area contributed by atoms with Crippen LogP contribution < -0.4 is 0 Å². The van der Waals surface area contributed by atoms with Crippen LogP contribution in [-0.2, 0) is 6.42 Å². The Morgan fingerprint density at radius 3 is 2.20 bits per heavy atom. The molecule has 2 aromatic rings. The van der Waals surface area contributed by atoms with Crippen molar-refractivity contribution in [1.29, 1.82) is 0 Å². The van der Waals surface area contributed by atoms with Crippen molar-refractivity contribution in [1.82, 2.24) is 0 Å². The van der Waals surface area contributed by atoms with Gasteiger partial charge in [0.05, 0.1) is 10.0 Å². The van der Waals surface area contributed by atoms with E-state index in [0.29, 0.717) is 15.6 Å². The summed E-state index contributed by atoms with van der Waals surface area (Å²) in [5.41, 5.74) is 2.83. The SMILES string of the molecule is C.CC.O=Cc1cccc(Cc2ccc(Cl)c(Cl)c2)c1. The van der Waals surface area contributed by atoms with Crippen molar-refractivity contribution >= 4 is 29.5 Å². The van der Waals surface area contributed by atoms with Crippen LogP contribution in [0.5, 0.6) is 0 Å². The fraction of sp³-hybridized carbons (Fsp3) is 0.235. The molecule has 2 rings (SSSR count). The Labute approximate surface area is 131 Å². The van der Waals surface area contributed by atoms with E-state index in [1.54, 1.807) is 12.1 Å². The van der Waals surface area contributed by atoms with Crippen molar-refractivity contribution in [2.75, 3.05) is 0 Å². The summed E-state index contributed by atoms with van der Waals surface area (Å²) in [5, 5.41) is 1.10. The number of rotatable bonds is 3. The van der Waals surface area contributed by atoms with Crippen LogP contribution in [-0.4, -0.2) is 6.29 Å². The average molecular weight is 311 g/mol. The molecule has 0 radical (unpaired) electrons. The molecular formula is C17H20Cl2O. The Bertz CT molecular complexity index is 550. The zero-order valence-electron chi connectivity index (χ0n) is 11.0. The Balaban J connectivity index is 0.00000115. The highest BCUT2D eigenvalue weighted by molar-refractivity contribution is 6.42. The van der Waals surface area contributed by atoms with Crippen molar-refractivity contribution in [3.8, 4) is 0 Å². The van der Waals surface area contributed by atoms with E-state index in [9.17, 15) is 4.79 Å². The second-order valence-electron chi connectivity index (χ2n) is 3.79. The van der Waals surface area contributed by atoms with Gasteiger partial charge >= 0.3 is 0 Å². The van der Waals surface area contributed by atoms with Gasteiger partial charge in [-0.2, -0.15) is 0 Å². The number of aldehydes is 1. The summed E-state index contributed by atoms with van der Waals surface area (Å²) in [6, 6.07) is 13.1. The van der Waals surface area contributed by atoms with Gasteiger partial charge in [-0.1, -0.05) is 68.7 Å². The standard InChI is InChI=1S/C14H10Cl2O.C2H6.CH4/c15-13-5-4-11(8-14(13)16)6-10-2-1-3-12(7-10)9-17;1-2;/h1-5,7-9H,6H2;1-2H3;1H4. The summed E-state index contributed by atoms with van der Waals surface area (Å²) in [4.78, 5) is 10.7. The van der Waals surface area contributed by atoms with Crippen LogP contribution in [0.4, 0.5) is 0 Å². The van der Waals surface area contributed by atoms with E-state index in [0.717, 1.165) is 23.8 Å². The van der Waals surface area contributed by atoms with Crippen LogP contribution in [0.15, 0.2) is 42.5 Å². The van der Waals surface area contributed by atoms with Crippen LogP contribution in [0.25, 0.3) is 0 Å². The summed E-state index contributed by atoms with van der Waals surface area (Å²) in [6.07, 6.45) is 1.58. The third-order valence-corrected chi connectivity index (χ3v) is 3.22. The molecule has 0 unspecified atom stereocenters. The molecule has 2 aromatic carbocycles. The number of carbonyl (C=O) groups is 1. The predicted molar refractivity (Wildman–Crippen MR) is 89.2 cm³/mol. The molecule has 20 heavy (non-hydrogen) atoms. The number of hydrogen-bond acceptors (Lipinski definition) is 1.